The van der Waals surface area contributed by atoms with Crippen LogP contribution in [0.15, 0.2) is 50.1 Å². The molecule has 1 heterocycles. The summed E-state index contributed by atoms with van der Waals surface area (Å²) in [7, 11) is 1.63. The van der Waals surface area contributed by atoms with Crippen molar-refractivity contribution < 1.29 is 9.21 Å². The summed E-state index contributed by atoms with van der Waals surface area (Å²) in [5.74, 6) is -0.510. The number of benzene rings is 2. The van der Waals surface area contributed by atoms with Crippen LogP contribution in [0.25, 0.3) is 11.1 Å². The maximum atomic E-state index is 12.6. The quantitative estimate of drug-likeness (QED) is 0.668. The molecule has 0 aliphatic rings. The third kappa shape index (κ3) is 2.23. The van der Waals surface area contributed by atoms with Crippen molar-refractivity contribution in [1.29, 1.82) is 0 Å². The van der Waals surface area contributed by atoms with Gasteiger partial charge in [0, 0.05) is 22.6 Å². The average Bonchev–Trinajstić information content (AvgIpc) is 2.74. The summed E-state index contributed by atoms with van der Waals surface area (Å²) in [5.41, 5.74) is 3.05. The Morgan fingerprint density at radius 3 is 2.71 bits per heavy atom. The summed E-state index contributed by atoms with van der Waals surface area (Å²) in [5, 5.41) is 0. The molecule has 0 saturated carbocycles. The molecule has 0 unspecified atom stereocenters. The number of aromatic nitrogens is 1. The number of hydrogen-bond donors (Lipinski definition) is 0. The molecule has 0 atom stereocenters. The minimum atomic E-state index is -0.430. The van der Waals surface area contributed by atoms with Crippen molar-refractivity contribution in [1.82, 2.24) is 4.57 Å². The highest BCUT2D eigenvalue weighted by Crippen LogP contribution is 2.23. The first-order valence-corrected chi connectivity index (χ1v) is 7.17. The van der Waals surface area contributed by atoms with E-state index in [-0.39, 0.29) is 5.78 Å². The van der Waals surface area contributed by atoms with E-state index >= 15 is 0 Å². The lowest BCUT2D eigenvalue weighted by molar-refractivity contribution is 0.103. The Hall–Kier alpha value is -2.14. The van der Waals surface area contributed by atoms with Gasteiger partial charge in [-0.05, 0) is 36.8 Å². The normalized spacial score (nSPS) is 11.0. The van der Waals surface area contributed by atoms with Gasteiger partial charge in [-0.15, -0.1) is 0 Å². The Morgan fingerprint density at radius 2 is 2.00 bits per heavy atom. The van der Waals surface area contributed by atoms with E-state index in [4.69, 9.17) is 4.42 Å². The number of carbonyl (C=O) groups is 1. The van der Waals surface area contributed by atoms with Gasteiger partial charge >= 0.3 is 5.76 Å². The molecule has 1 aromatic heterocycles. The zero-order chi connectivity index (χ0) is 15.1. The average molecular weight is 346 g/mol. The highest BCUT2D eigenvalue weighted by molar-refractivity contribution is 9.10. The molecule has 5 heteroatoms. The Bertz CT molecular complexity index is 921. The van der Waals surface area contributed by atoms with Crippen LogP contribution < -0.4 is 5.76 Å². The number of fused-ring (bicyclic) bond motifs is 1. The number of carbonyl (C=O) groups excluding carboxylic acids is 1. The highest BCUT2D eigenvalue weighted by Gasteiger charge is 2.17. The first kappa shape index (κ1) is 13.8. The molecule has 3 aromatic rings. The summed E-state index contributed by atoms with van der Waals surface area (Å²) >= 11 is 3.36. The minimum absolute atomic E-state index is 0.0793. The molecule has 3 rings (SSSR count). The lowest BCUT2D eigenvalue weighted by Crippen LogP contribution is -2.10. The van der Waals surface area contributed by atoms with Crippen LogP contribution in [0.2, 0.25) is 0 Å². The molecule has 0 amide bonds. The predicted molar refractivity (Wildman–Crippen MR) is 83.8 cm³/mol. The van der Waals surface area contributed by atoms with E-state index in [0.29, 0.717) is 22.2 Å². The van der Waals surface area contributed by atoms with Crippen molar-refractivity contribution >= 4 is 32.8 Å². The predicted octanol–water partition coefficient (Wildman–Crippen LogP) is 3.43. The molecule has 4 nitrogen and oxygen atoms in total. The van der Waals surface area contributed by atoms with E-state index in [1.807, 2.05) is 19.1 Å². The molecular formula is C16H12BrNO3. The van der Waals surface area contributed by atoms with Crippen LogP contribution in [-0.2, 0) is 7.05 Å². The first-order valence-electron chi connectivity index (χ1n) is 6.38. The Balaban J connectivity index is 2.21. The molecule has 0 radical (unpaired) electrons. The van der Waals surface area contributed by atoms with Crippen LogP contribution >= 0.6 is 15.9 Å². The molecule has 0 spiro atoms. The van der Waals surface area contributed by atoms with Gasteiger partial charge in [-0.1, -0.05) is 28.1 Å². The number of ketones is 1. The molecule has 0 bridgehead atoms. The third-order valence-corrected chi connectivity index (χ3v) is 4.03. The summed E-state index contributed by atoms with van der Waals surface area (Å²) in [6, 6.07) is 10.6. The minimum Gasteiger partial charge on any atom is -0.408 e. The summed E-state index contributed by atoms with van der Waals surface area (Å²) < 4.78 is 7.40. The highest BCUT2D eigenvalue weighted by atomic mass is 79.9. The van der Waals surface area contributed by atoms with Crippen LogP contribution in [0, 0.1) is 6.92 Å². The summed E-state index contributed by atoms with van der Waals surface area (Å²) in [4.78, 5) is 24.2. The van der Waals surface area contributed by atoms with Gasteiger partial charge in [0.25, 0.3) is 0 Å². The summed E-state index contributed by atoms with van der Waals surface area (Å²) in [6.07, 6.45) is 0. The molecule has 0 fully saturated rings. The van der Waals surface area contributed by atoms with E-state index in [2.05, 4.69) is 15.9 Å². The van der Waals surface area contributed by atoms with Gasteiger partial charge in [0.15, 0.2) is 11.4 Å². The zero-order valence-corrected chi connectivity index (χ0v) is 13.1. The second kappa shape index (κ2) is 5.00. The fourth-order valence-corrected chi connectivity index (χ4v) is 2.86. The fraction of sp³-hybridized carbons (Fsp3) is 0.125. The van der Waals surface area contributed by atoms with Crippen molar-refractivity contribution in [3.8, 4) is 0 Å². The molecule has 0 aliphatic carbocycles. The van der Waals surface area contributed by atoms with Crippen LogP contribution in [-0.4, -0.2) is 10.4 Å². The maximum absolute atomic E-state index is 12.6. The largest absolute Gasteiger partial charge is 0.419 e. The van der Waals surface area contributed by atoms with E-state index in [1.165, 1.54) is 4.57 Å². The van der Waals surface area contributed by atoms with Gasteiger partial charge in [-0.25, -0.2) is 4.79 Å². The topological polar surface area (TPSA) is 52.2 Å². The standard InChI is InChI=1S/C16H12BrNO3/c1-9-12(15(19)10-4-3-5-11(17)8-10)6-7-13-14(9)18(2)16(20)21-13/h3-8H,1-2H3. The number of halogens is 1. The molecule has 0 aliphatic heterocycles. The van der Waals surface area contributed by atoms with Gasteiger partial charge in [0.2, 0.25) is 0 Å². The Kier molecular flexibility index (Phi) is 3.29. The van der Waals surface area contributed by atoms with E-state index in [9.17, 15) is 9.59 Å². The van der Waals surface area contributed by atoms with Crippen molar-refractivity contribution in [3.05, 3.63) is 68.1 Å². The molecule has 21 heavy (non-hydrogen) atoms. The first-order chi connectivity index (χ1) is 9.99. The van der Waals surface area contributed by atoms with Crippen LogP contribution in [0.3, 0.4) is 0 Å². The van der Waals surface area contributed by atoms with E-state index in [0.717, 1.165) is 10.0 Å². The van der Waals surface area contributed by atoms with Crippen molar-refractivity contribution in [2.45, 2.75) is 6.92 Å². The van der Waals surface area contributed by atoms with Crippen LogP contribution in [0.5, 0.6) is 0 Å². The number of hydrogen-bond acceptors (Lipinski definition) is 3. The number of oxazole rings is 1. The van der Waals surface area contributed by atoms with Gasteiger partial charge in [-0.2, -0.15) is 0 Å². The van der Waals surface area contributed by atoms with Crippen molar-refractivity contribution in [3.63, 3.8) is 0 Å². The Labute approximate surface area is 129 Å². The fourth-order valence-electron chi connectivity index (χ4n) is 2.46. The van der Waals surface area contributed by atoms with Gasteiger partial charge < -0.3 is 4.42 Å². The van der Waals surface area contributed by atoms with Crippen LogP contribution in [0.4, 0.5) is 0 Å². The lowest BCUT2D eigenvalue weighted by atomic mass is 9.98. The van der Waals surface area contributed by atoms with Crippen molar-refractivity contribution in [2.24, 2.45) is 7.05 Å². The molecule has 0 saturated heterocycles. The third-order valence-electron chi connectivity index (χ3n) is 3.53. The molecule has 0 N–H and O–H groups in total. The lowest BCUT2D eigenvalue weighted by Gasteiger charge is -2.07. The zero-order valence-electron chi connectivity index (χ0n) is 11.5. The second-order valence-corrected chi connectivity index (χ2v) is 5.77. The number of nitrogens with zero attached hydrogens (tertiary/aromatic N) is 1. The van der Waals surface area contributed by atoms with Gasteiger partial charge in [-0.3, -0.25) is 9.36 Å². The van der Waals surface area contributed by atoms with Crippen LogP contribution in [0.1, 0.15) is 21.5 Å². The maximum Gasteiger partial charge on any atom is 0.419 e. The number of aryl methyl sites for hydroxylation is 2. The number of rotatable bonds is 2. The van der Waals surface area contributed by atoms with E-state index in [1.54, 1.807) is 31.3 Å². The second-order valence-electron chi connectivity index (χ2n) is 4.85. The SMILES string of the molecule is Cc1c(C(=O)c2cccc(Br)c2)ccc2oc(=O)n(C)c12. The molecular weight excluding hydrogens is 334 g/mol. The van der Waals surface area contributed by atoms with Crippen molar-refractivity contribution in [2.75, 3.05) is 0 Å². The van der Waals surface area contributed by atoms with Gasteiger partial charge in [0.05, 0.1) is 5.52 Å². The Morgan fingerprint density at radius 1 is 1.24 bits per heavy atom. The monoisotopic (exact) mass is 345 g/mol. The van der Waals surface area contributed by atoms with E-state index < -0.39 is 5.76 Å². The molecule has 2 aromatic carbocycles. The molecule has 106 valence electrons. The smallest absolute Gasteiger partial charge is 0.408 e. The van der Waals surface area contributed by atoms with Gasteiger partial charge in [0.1, 0.15) is 0 Å². The summed E-state index contributed by atoms with van der Waals surface area (Å²) in [6.45, 7) is 1.82.